The summed E-state index contributed by atoms with van der Waals surface area (Å²) in [7, 11) is -2.26. The highest BCUT2D eigenvalue weighted by Crippen LogP contribution is 2.31. The van der Waals surface area contributed by atoms with Gasteiger partial charge in [-0.05, 0) is 44.2 Å². The van der Waals surface area contributed by atoms with Crippen molar-refractivity contribution >= 4 is 38.9 Å². The molecule has 2 aromatic rings. The molecule has 2 rings (SSSR count). The summed E-state index contributed by atoms with van der Waals surface area (Å²) in [5, 5.41) is 2.98. The van der Waals surface area contributed by atoms with Crippen molar-refractivity contribution in [1.82, 2.24) is 0 Å². The van der Waals surface area contributed by atoms with Crippen molar-refractivity contribution in [2.24, 2.45) is 0 Å². The van der Waals surface area contributed by atoms with Crippen LogP contribution in [0.15, 0.2) is 42.5 Å². The Morgan fingerprint density at radius 2 is 1.81 bits per heavy atom. The summed E-state index contributed by atoms with van der Waals surface area (Å²) in [6, 6.07) is 10.8. The maximum Gasteiger partial charge on any atom is 0.247 e. The van der Waals surface area contributed by atoms with Crippen LogP contribution in [0, 0.1) is 6.92 Å². The maximum absolute atomic E-state index is 12.6. The molecule has 1 amide bonds. The van der Waals surface area contributed by atoms with Crippen molar-refractivity contribution in [2.45, 2.75) is 19.9 Å². The molecule has 0 spiro atoms. The quantitative estimate of drug-likeness (QED) is 0.811. The van der Waals surface area contributed by atoms with Gasteiger partial charge in [-0.25, -0.2) is 8.42 Å². The lowest BCUT2D eigenvalue weighted by atomic mass is 10.2. The van der Waals surface area contributed by atoms with E-state index in [-0.39, 0.29) is 10.7 Å². The van der Waals surface area contributed by atoms with E-state index < -0.39 is 22.0 Å². The molecule has 0 fully saturated rings. The van der Waals surface area contributed by atoms with E-state index in [1.807, 2.05) is 19.1 Å². The molecule has 0 heterocycles. The normalized spacial score (nSPS) is 12.3. The van der Waals surface area contributed by atoms with Crippen LogP contribution in [0.4, 0.5) is 11.4 Å². The van der Waals surface area contributed by atoms with Crippen LogP contribution in [-0.2, 0) is 14.8 Å². The first-order valence-electron chi connectivity index (χ1n) is 7.84. The molecule has 2 aromatic carbocycles. The van der Waals surface area contributed by atoms with Gasteiger partial charge in [-0.3, -0.25) is 9.10 Å². The fourth-order valence-electron chi connectivity index (χ4n) is 2.48. The van der Waals surface area contributed by atoms with Crippen molar-refractivity contribution < 1.29 is 17.9 Å². The number of carbonyl (C=O) groups excluding carboxylic acids is 1. The van der Waals surface area contributed by atoms with Gasteiger partial charge in [0.25, 0.3) is 0 Å². The lowest BCUT2D eigenvalue weighted by Crippen LogP contribution is -2.45. The monoisotopic (exact) mass is 396 g/mol. The molecule has 0 unspecified atom stereocenters. The summed E-state index contributed by atoms with van der Waals surface area (Å²) in [6.45, 7) is 3.45. The summed E-state index contributed by atoms with van der Waals surface area (Å²) >= 11 is 6.11. The SMILES string of the molecule is COc1ccc(N([C@H](C)C(=O)Nc2ccc(C)cc2)S(C)(=O)=O)cc1Cl. The molecule has 0 radical (unpaired) electrons. The zero-order chi connectivity index (χ0) is 19.5. The number of anilines is 2. The second kappa shape index (κ2) is 7.97. The molecule has 0 aromatic heterocycles. The Labute approximate surface area is 158 Å². The number of benzene rings is 2. The summed E-state index contributed by atoms with van der Waals surface area (Å²) < 4.78 is 30.7. The highest BCUT2D eigenvalue weighted by molar-refractivity contribution is 7.92. The first-order chi connectivity index (χ1) is 12.1. The van der Waals surface area contributed by atoms with Crippen LogP contribution in [0.2, 0.25) is 5.02 Å². The Bertz CT molecular complexity index is 898. The van der Waals surface area contributed by atoms with Crippen LogP contribution in [0.5, 0.6) is 5.75 Å². The third-order valence-electron chi connectivity index (χ3n) is 3.80. The molecule has 0 aliphatic rings. The van der Waals surface area contributed by atoms with Crippen LogP contribution < -0.4 is 14.4 Å². The number of rotatable bonds is 6. The van der Waals surface area contributed by atoms with Gasteiger partial charge in [-0.15, -0.1) is 0 Å². The first-order valence-corrected chi connectivity index (χ1v) is 10.1. The number of sulfonamides is 1. The minimum absolute atomic E-state index is 0.254. The maximum atomic E-state index is 12.6. The number of halogens is 1. The summed E-state index contributed by atoms with van der Waals surface area (Å²) in [4.78, 5) is 12.6. The fourth-order valence-corrected chi connectivity index (χ4v) is 3.90. The molecule has 26 heavy (non-hydrogen) atoms. The van der Waals surface area contributed by atoms with E-state index in [0.29, 0.717) is 11.4 Å². The predicted octanol–water partition coefficient (Wildman–Crippen LogP) is 3.45. The van der Waals surface area contributed by atoms with Crippen molar-refractivity contribution in [3.8, 4) is 5.75 Å². The van der Waals surface area contributed by atoms with E-state index in [9.17, 15) is 13.2 Å². The third-order valence-corrected chi connectivity index (χ3v) is 5.33. The minimum atomic E-state index is -3.72. The molecular formula is C18H21ClN2O4S. The summed E-state index contributed by atoms with van der Waals surface area (Å²) in [5.41, 5.74) is 1.93. The number of hydrogen-bond acceptors (Lipinski definition) is 4. The number of nitrogens with zero attached hydrogens (tertiary/aromatic N) is 1. The van der Waals surface area contributed by atoms with Crippen molar-refractivity contribution in [2.75, 3.05) is 23.0 Å². The zero-order valence-electron chi connectivity index (χ0n) is 15.0. The van der Waals surface area contributed by atoms with E-state index in [1.165, 1.54) is 20.1 Å². The number of methoxy groups -OCH3 is 1. The van der Waals surface area contributed by atoms with Crippen molar-refractivity contribution in [3.05, 3.63) is 53.1 Å². The third kappa shape index (κ3) is 4.68. The number of carbonyl (C=O) groups is 1. The lowest BCUT2D eigenvalue weighted by molar-refractivity contribution is -0.116. The predicted molar refractivity (Wildman–Crippen MR) is 105 cm³/mol. The molecule has 0 aliphatic carbocycles. The standard InChI is InChI=1S/C18H21ClN2O4S/c1-12-5-7-14(8-6-12)20-18(22)13(2)21(26(4,23)24)15-9-10-17(25-3)16(19)11-15/h5-11,13H,1-4H3,(H,20,22)/t13-/m1/s1. The van der Waals surface area contributed by atoms with Gasteiger partial charge in [0.05, 0.1) is 24.1 Å². The Kier molecular flexibility index (Phi) is 6.15. The number of amides is 1. The van der Waals surface area contributed by atoms with Gasteiger partial charge < -0.3 is 10.1 Å². The van der Waals surface area contributed by atoms with Gasteiger partial charge in [-0.1, -0.05) is 29.3 Å². The van der Waals surface area contributed by atoms with E-state index >= 15 is 0 Å². The smallest absolute Gasteiger partial charge is 0.247 e. The van der Waals surface area contributed by atoms with Gasteiger partial charge in [0.15, 0.2) is 0 Å². The van der Waals surface area contributed by atoms with E-state index in [1.54, 1.807) is 24.3 Å². The lowest BCUT2D eigenvalue weighted by Gasteiger charge is -2.28. The molecule has 0 saturated heterocycles. The Morgan fingerprint density at radius 1 is 1.19 bits per heavy atom. The molecule has 1 N–H and O–H groups in total. The second-order valence-corrected chi connectivity index (χ2v) is 8.18. The van der Waals surface area contributed by atoms with Crippen LogP contribution in [0.3, 0.4) is 0 Å². The molecule has 1 atom stereocenters. The average molecular weight is 397 g/mol. The van der Waals surface area contributed by atoms with Crippen molar-refractivity contribution in [1.29, 1.82) is 0 Å². The number of nitrogens with one attached hydrogen (secondary N) is 1. The van der Waals surface area contributed by atoms with Crippen molar-refractivity contribution in [3.63, 3.8) is 0 Å². The van der Waals surface area contributed by atoms with Crippen LogP contribution in [-0.4, -0.2) is 33.7 Å². The van der Waals surface area contributed by atoms with E-state index in [0.717, 1.165) is 16.1 Å². The van der Waals surface area contributed by atoms with E-state index in [2.05, 4.69) is 5.32 Å². The molecule has 0 aliphatic heterocycles. The minimum Gasteiger partial charge on any atom is -0.495 e. The Hall–Kier alpha value is -2.25. The van der Waals surface area contributed by atoms with Crippen LogP contribution in [0.25, 0.3) is 0 Å². The number of ether oxygens (including phenoxy) is 1. The van der Waals surface area contributed by atoms with Crippen LogP contribution >= 0.6 is 11.6 Å². The van der Waals surface area contributed by atoms with Crippen LogP contribution in [0.1, 0.15) is 12.5 Å². The summed E-state index contributed by atoms with van der Waals surface area (Å²) in [6.07, 6.45) is 1.04. The van der Waals surface area contributed by atoms with Gasteiger partial charge in [0.1, 0.15) is 11.8 Å². The van der Waals surface area contributed by atoms with Gasteiger partial charge in [0.2, 0.25) is 15.9 Å². The van der Waals surface area contributed by atoms with E-state index in [4.69, 9.17) is 16.3 Å². The first kappa shape index (κ1) is 20.1. The average Bonchev–Trinajstić information content (AvgIpc) is 2.56. The highest BCUT2D eigenvalue weighted by Gasteiger charge is 2.29. The van der Waals surface area contributed by atoms with Gasteiger partial charge >= 0.3 is 0 Å². The molecule has 8 heteroatoms. The number of hydrogen-bond donors (Lipinski definition) is 1. The largest absolute Gasteiger partial charge is 0.495 e. The molecular weight excluding hydrogens is 376 g/mol. The molecule has 140 valence electrons. The molecule has 0 bridgehead atoms. The molecule has 0 saturated carbocycles. The van der Waals surface area contributed by atoms with Gasteiger partial charge in [0, 0.05) is 5.69 Å². The molecule has 6 nitrogen and oxygen atoms in total. The fraction of sp³-hybridized carbons (Fsp3) is 0.278. The Morgan fingerprint density at radius 3 is 2.31 bits per heavy atom. The Balaban J connectivity index is 2.32. The number of aryl methyl sites for hydroxylation is 1. The topological polar surface area (TPSA) is 75.7 Å². The second-order valence-electron chi connectivity index (χ2n) is 5.91. The van der Waals surface area contributed by atoms with Gasteiger partial charge in [-0.2, -0.15) is 0 Å². The summed E-state index contributed by atoms with van der Waals surface area (Å²) in [5.74, 6) is -0.0353. The highest BCUT2D eigenvalue weighted by atomic mass is 35.5. The zero-order valence-corrected chi connectivity index (χ0v) is 16.6.